The van der Waals surface area contributed by atoms with Crippen LogP contribution in [0, 0.1) is 19.8 Å². The van der Waals surface area contributed by atoms with Crippen LogP contribution in [-0.4, -0.2) is 27.7 Å². The minimum Gasteiger partial charge on any atom is -0.394 e. The average Bonchev–Trinajstić information content (AvgIpc) is 2.69. The van der Waals surface area contributed by atoms with Gasteiger partial charge in [-0.25, -0.2) is 4.98 Å². The molecule has 2 aromatic carbocycles. The molecule has 5 nitrogen and oxygen atoms in total. The van der Waals surface area contributed by atoms with Crippen LogP contribution in [0.2, 0.25) is 0 Å². The van der Waals surface area contributed by atoms with Crippen molar-refractivity contribution in [2.24, 2.45) is 5.92 Å². The first-order chi connectivity index (χ1) is 13.5. The van der Waals surface area contributed by atoms with E-state index in [1.165, 1.54) is 5.56 Å². The van der Waals surface area contributed by atoms with Crippen molar-refractivity contribution in [3.8, 4) is 11.3 Å². The normalized spacial score (nSPS) is 12.1. The topological polar surface area (TPSA) is 70.1 Å². The molecule has 3 N–H and O–H groups in total. The lowest BCUT2D eigenvalue weighted by atomic mass is 10.1. The summed E-state index contributed by atoms with van der Waals surface area (Å²) in [6.07, 6.45) is 0. The summed E-state index contributed by atoms with van der Waals surface area (Å²) < 4.78 is 0. The van der Waals surface area contributed by atoms with Gasteiger partial charge in [-0.1, -0.05) is 56.3 Å². The van der Waals surface area contributed by atoms with Gasteiger partial charge < -0.3 is 15.7 Å². The van der Waals surface area contributed by atoms with E-state index in [4.69, 9.17) is 0 Å². The third kappa shape index (κ3) is 4.87. The molecule has 5 heteroatoms. The Labute approximate surface area is 166 Å². The Balaban J connectivity index is 2.00. The number of hydrogen-bond acceptors (Lipinski definition) is 5. The summed E-state index contributed by atoms with van der Waals surface area (Å²) in [5.74, 6) is 1.47. The van der Waals surface area contributed by atoms with Gasteiger partial charge in [0.15, 0.2) is 0 Å². The molecule has 0 fully saturated rings. The van der Waals surface area contributed by atoms with Crippen molar-refractivity contribution in [2.75, 3.05) is 17.2 Å². The van der Waals surface area contributed by atoms with E-state index >= 15 is 0 Å². The Morgan fingerprint density at radius 3 is 2.39 bits per heavy atom. The number of aryl methyl sites for hydroxylation is 2. The second-order valence-corrected chi connectivity index (χ2v) is 7.45. The predicted molar refractivity (Wildman–Crippen MR) is 116 cm³/mol. The number of hydrogen-bond donors (Lipinski definition) is 3. The first-order valence-electron chi connectivity index (χ1n) is 9.62. The third-order valence-electron chi connectivity index (χ3n) is 4.77. The van der Waals surface area contributed by atoms with Gasteiger partial charge in [0.2, 0.25) is 5.95 Å². The molecule has 3 rings (SSSR count). The summed E-state index contributed by atoms with van der Waals surface area (Å²) in [4.78, 5) is 9.33. The van der Waals surface area contributed by atoms with Crippen LogP contribution >= 0.6 is 0 Å². The number of aliphatic hydroxyl groups excluding tert-OH is 1. The molecule has 0 saturated carbocycles. The smallest absolute Gasteiger partial charge is 0.225 e. The fourth-order valence-electron chi connectivity index (χ4n) is 2.93. The molecule has 0 saturated heterocycles. The molecule has 0 unspecified atom stereocenters. The Morgan fingerprint density at radius 2 is 1.71 bits per heavy atom. The molecule has 0 aliphatic carbocycles. The van der Waals surface area contributed by atoms with E-state index in [1.54, 1.807) is 0 Å². The molecule has 0 radical (unpaired) electrons. The van der Waals surface area contributed by atoms with Gasteiger partial charge in [0.1, 0.15) is 5.82 Å². The van der Waals surface area contributed by atoms with E-state index in [9.17, 15) is 5.11 Å². The fraction of sp³-hybridized carbons (Fsp3) is 0.304. The lowest BCUT2D eigenvalue weighted by Gasteiger charge is -2.21. The van der Waals surface area contributed by atoms with Gasteiger partial charge in [-0.3, -0.25) is 0 Å². The zero-order chi connectivity index (χ0) is 20.1. The van der Waals surface area contributed by atoms with Gasteiger partial charge >= 0.3 is 0 Å². The summed E-state index contributed by atoms with van der Waals surface area (Å²) in [5, 5.41) is 16.4. The maximum Gasteiger partial charge on any atom is 0.225 e. The second kappa shape index (κ2) is 8.85. The molecule has 0 spiro atoms. The second-order valence-electron chi connectivity index (χ2n) is 7.45. The molecule has 1 atom stereocenters. The highest BCUT2D eigenvalue weighted by Crippen LogP contribution is 2.26. The van der Waals surface area contributed by atoms with Crippen LogP contribution < -0.4 is 10.6 Å². The minimum atomic E-state index is -0.112. The van der Waals surface area contributed by atoms with Crippen LogP contribution in [0.25, 0.3) is 11.3 Å². The Morgan fingerprint density at radius 1 is 0.964 bits per heavy atom. The Bertz CT molecular complexity index is 925. The molecule has 0 amide bonds. The van der Waals surface area contributed by atoms with Crippen molar-refractivity contribution >= 4 is 17.5 Å². The highest BCUT2D eigenvalue weighted by Gasteiger charge is 2.15. The van der Waals surface area contributed by atoms with Crippen LogP contribution in [0.3, 0.4) is 0 Å². The summed E-state index contributed by atoms with van der Waals surface area (Å²) in [7, 11) is 0. The van der Waals surface area contributed by atoms with Crippen molar-refractivity contribution in [3.05, 3.63) is 65.7 Å². The van der Waals surface area contributed by atoms with Gasteiger partial charge in [0.05, 0.1) is 18.3 Å². The van der Waals surface area contributed by atoms with Crippen LogP contribution in [0.4, 0.5) is 17.5 Å². The van der Waals surface area contributed by atoms with Crippen LogP contribution in [0.15, 0.2) is 54.6 Å². The molecular formula is C23H28N4O. The Kier molecular flexibility index (Phi) is 6.26. The molecule has 28 heavy (non-hydrogen) atoms. The first kappa shape index (κ1) is 19.8. The summed E-state index contributed by atoms with van der Waals surface area (Å²) in [6, 6.07) is 18.2. The number of nitrogens with zero attached hydrogens (tertiary/aromatic N) is 2. The highest BCUT2D eigenvalue weighted by atomic mass is 16.3. The van der Waals surface area contributed by atoms with E-state index in [-0.39, 0.29) is 18.6 Å². The average molecular weight is 377 g/mol. The van der Waals surface area contributed by atoms with E-state index in [2.05, 4.69) is 66.5 Å². The van der Waals surface area contributed by atoms with Crippen molar-refractivity contribution in [2.45, 2.75) is 33.7 Å². The SMILES string of the molecule is Cc1ccc(C)c(Nc2cc(-c3ccccc3)nc(N[C@@H](CO)C(C)C)n2)c1. The van der Waals surface area contributed by atoms with Crippen molar-refractivity contribution < 1.29 is 5.11 Å². The predicted octanol–water partition coefficient (Wildman–Crippen LogP) is 4.93. The number of anilines is 3. The number of aliphatic hydroxyl groups is 1. The summed E-state index contributed by atoms with van der Waals surface area (Å²) in [6.45, 7) is 8.28. The van der Waals surface area contributed by atoms with E-state index in [0.717, 1.165) is 22.5 Å². The largest absolute Gasteiger partial charge is 0.394 e. The maximum absolute atomic E-state index is 9.68. The number of nitrogens with one attached hydrogen (secondary N) is 2. The third-order valence-corrected chi connectivity index (χ3v) is 4.77. The lowest BCUT2D eigenvalue weighted by Crippen LogP contribution is -2.30. The van der Waals surface area contributed by atoms with Crippen LogP contribution in [-0.2, 0) is 0 Å². The monoisotopic (exact) mass is 376 g/mol. The maximum atomic E-state index is 9.68. The quantitative estimate of drug-likeness (QED) is 0.545. The molecule has 0 aliphatic heterocycles. The molecule has 1 heterocycles. The van der Waals surface area contributed by atoms with Gasteiger partial charge in [-0.05, 0) is 37.0 Å². The lowest BCUT2D eigenvalue weighted by molar-refractivity contribution is 0.248. The van der Waals surface area contributed by atoms with Crippen molar-refractivity contribution in [1.29, 1.82) is 0 Å². The first-order valence-corrected chi connectivity index (χ1v) is 9.62. The van der Waals surface area contributed by atoms with Crippen molar-refractivity contribution in [3.63, 3.8) is 0 Å². The number of aromatic nitrogens is 2. The van der Waals surface area contributed by atoms with Crippen LogP contribution in [0.5, 0.6) is 0 Å². The van der Waals surface area contributed by atoms with Crippen LogP contribution in [0.1, 0.15) is 25.0 Å². The fourth-order valence-corrected chi connectivity index (χ4v) is 2.93. The Hall–Kier alpha value is -2.92. The number of benzene rings is 2. The van der Waals surface area contributed by atoms with Gasteiger partial charge in [-0.2, -0.15) is 4.98 Å². The standard InChI is InChI=1S/C23H28N4O/c1-15(2)21(14-28)26-23-25-20(18-8-6-5-7-9-18)13-22(27-23)24-19-12-16(3)10-11-17(19)4/h5-13,15,21,28H,14H2,1-4H3,(H2,24,25,26,27)/t21-/m0/s1. The molecule has 1 aromatic heterocycles. The molecule has 0 aliphatic rings. The van der Waals surface area contributed by atoms with E-state index in [0.29, 0.717) is 11.8 Å². The molecule has 3 aromatic rings. The summed E-state index contributed by atoms with van der Waals surface area (Å²) in [5.41, 5.74) is 5.19. The molecule has 0 bridgehead atoms. The highest BCUT2D eigenvalue weighted by molar-refractivity contribution is 5.68. The van der Waals surface area contributed by atoms with Gasteiger partial charge in [0, 0.05) is 17.3 Å². The van der Waals surface area contributed by atoms with Gasteiger partial charge in [-0.15, -0.1) is 0 Å². The number of rotatable bonds is 7. The van der Waals surface area contributed by atoms with Crippen molar-refractivity contribution in [1.82, 2.24) is 9.97 Å². The zero-order valence-electron chi connectivity index (χ0n) is 16.9. The van der Waals surface area contributed by atoms with E-state index in [1.807, 2.05) is 36.4 Å². The zero-order valence-corrected chi connectivity index (χ0v) is 16.9. The molecular weight excluding hydrogens is 348 g/mol. The van der Waals surface area contributed by atoms with Gasteiger partial charge in [0.25, 0.3) is 0 Å². The minimum absolute atomic E-state index is 0.0241. The molecule has 146 valence electrons. The summed E-state index contributed by atoms with van der Waals surface area (Å²) >= 11 is 0. The van der Waals surface area contributed by atoms with E-state index < -0.39 is 0 Å².